The molecule has 140 valence electrons. The van der Waals surface area contributed by atoms with Crippen LogP contribution in [0.1, 0.15) is 27.6 Å². The third kappa shape index (κ3) is 5.07. The molecule has 0 unspecified atom stereocenters. The van der Waals surface area contributed by atoms with Crippen LogP contribution >= 0.6 is 0 Å². The van der Waals surface area contributed by atoms with E-state index in [1.165, 1.54) is 4.68 Å². The highest BCUT2D eigenvalue weighted by Gasteiger charge is 2.14. The summed E-state index contributed by atoms with van der Waals surface area (Å²) in [7, 11) is 1.68. The fourth-order valence-corrected chi connectivity index (χ4v) is 2.67. The Morgan fingerprint density at radius 3 is 2.63 bits per heavy atom. The van der Waals surface area contributed by atoms with E-state index < -0.39 is 0 Å². The van der Waals surface area contributed by atoms with Crippen LogP contribution in [0.3, 0.4) is 0 Å². The van der Waals surface area contributed by atoms with E-state index in [2.05, 4.69) is 15.7 Å². The highest BCUT2D eigenvalue weighted by Crippen LogP contribution is 2.11. The molecule has 2 heterocycles. The van der Waals surface area contributed by atoms with Gasteiger partial charge >= 0.3 is 0 Å². The molecule has 0 saturated carbocycles. The number of hydrogen-bond donors (Lipinski definition) is 2. The van der Waals surface area contributed by atoms with Crippen molar-refractivity contribution in [3.8, 4) is 0 Å². The number of carbonyl (C=O) groups excluding carboxylic acids is 2. The van der Waals surface area contributed by atoms with Gasteiger partial charge in [-0.15, -0.1) is 0 Å². The van der Waals surface area contributed by atoms with Crippen LogP contribution in [-0.2, 0) is 24.7 Å². The Labute approximate surface area is 157 Å². The zero-order valence-corrected chi connectivity index (χ0v) is 15.4. The minimum atomic E-state index is -0.294. The van der Waals surface area contributed by atoms with Crippen LogP contribution in [-0.4, -0.2) is 28.1 Å². The highest BCUT2D eigenvalue weighted by molar-refractivity contribution is 5.95. The SMILES string of the molecule is Cc1ccc(CCNC(=O)c2cc(NC(=O)Cc3ccccc3)n(C)n2)o1. The van der Waals surface area contributed by atoms with Gasteiger partial charge in [0, 0.05) is 26.1 Å². The summed E-state index contributed by atoms with van der Waals surface area (Å²) in [6.07, 6.45) is 0.864. The van der Waals surface area contributed by atoms with E-state index >= 15 is 0 Å². The van der Waals surface area contributed by atoms with Gasteiger partial charge in [-0.25, -0.2) is 0 Å². The molecule has 3 rings (SSSR count). The van der Waals surface area contributed by atoms with E-state index in [0.717, 1.165) is 17.1 Å². The topological polar surface area (TPSA) is 89.2 Å². The summed E-state index contributed by atoms with van der Waals surface area (Å²) in [5, 5.41) is 9.76. The van der Waals surface area contributed by atoms with Crippen molar-refractivity contribution in [3.05, 3.63) is 71.3 Å². The molecule has 0 saturated heterocycles. The Balaban J connectivity index is 1.53. The van der Waals surface area contributed by atoms with Gasteiger partial charge in [0.2, 0.25) is 5.91 Å². The number of rotatable bonds is 7. The fourth-order valence-electron chi connectivity index (χ4n) is 2.67. The third-order valence-electron chi connectivity index (χ3n) is 4.04. The van der Waals surface area contributed by atoms with Crippen molar-refractivity contribution in [3.63, 3.8) is 0 Å². The Bertz CT molecular complexity index is 928. The van der Waals surface area contributed by atoms with Gasteiger partial charge < -0.3 is 15.1 Å². The van der Waals surface area contributed by atoms with E-state index in [1.54, 1.807) is 13.1 Å². The molecule has 0 spiro atoms. The Kier molecular flexibility index (Phi) is 5.71. The summed E-state index contributed by atoms with van der Waals surface area (Å²) < 4.78 is 6.95. The van der Waals surface area contributed by atoms with Crippen molar-refractivity contribution in [2.75, 3.05) is 11.9 Å². The average molecular weight is 366 g/mol. The van der Waals surface area contributed by atoms with Crippen molar-refractivity contribution < 1.29 is 14.0 Å². The summed E-state index contributed by atoms with van der Waals surface area (Å²) in [5.74, 6) is 1.68. The van der Waals surface area contributed by atoms with E-state index in [0.29, 0.717) is 18.8 Å². The van der Waals surface area contributed by atoms with Gasteiger partial charge in [0.25, 0.3) is 5.91 Å². The summed E-state index contributed by atoms with van der Waals surface area (Å²) in [6.45, 7) is 2.32. The van der Waals surface area contributed by atoms with Crippen molar-refractivity contribution >= 4 is 17.6 Å². The quantitative estimate of drug-likeness (QED) is 0.672. The number of nitrogens with one attached hydrogen (secondary N) is 2. The standard InChI is InChI=1S/C20H22N4O3/c1-14-8-9-16(27-14)10-11-21-20(26)17-13-18(24(2)23-17)22-19(25)12-15-6-4-3-5-7-15/h3-9,13H,10-12H2,1-2H3,(H,21,26)(H,22,25). The van der Waals surface area contributed by atoms with E-state index in [-0.39, 0.29) is 23.9 Å². The van der Waals surface area contributed by atoms with Gasteiger partial charge in [-0.05, 0) is 24.6 Å². The molecule has 7 nitrogen and oxygen atoms in total. The summed E-state index contributed by atoms with van der Waals surface area (Å²) >= 11 is 0. The normalized spacial score (nSPS) is 10.6. The van der Waals surface area contributed by atoms with Gasteiger partial charge in [-0.1, -0.05) is 30.3 Å². The molecular weight excluding hydrogens is 344 g/mol. The minimum absolute atomic E-state index is 0.163. The molecule has 0 bridgehead atoms. The maximum Gasteiger partial charge on any atom is 0.271 e. The molecule has 27 heavy (non-hydrogen) atoms. The molecule has 0 aliphatic heterocycles. The first-order valence-corrected chi connectivity index (χ1v) is 8.72. The van der Waals surface area contributed by atoms with Crippen LogP contribution in [0.2, 0.25) is 0 Å². The molecule has 1 aromatic carbocycles. The number of benzene rings is 1. The van der Waals surface area contributed by atoms with Crippen molar-refractivity contribution in [2.45, 2.75) is 19.8 Å². The lowest BCUT2D eigenvalue weighted by molar-refractivity contribution is -0.115. The fraction of sp³-hybridized carbons (Fsp3) is 0.250. The summed E-state index contributed by atoms with van der Waals surface area (Å²) in [4.78, 5) is 24.4. The third-order valence-corrected chi connectivity index (χ3v) is 4.04. The average Bonchev–Trinajstić information content (AvgIpc) is 3.21. The number of anilines is 1. The predicted molar refractivity (Wildman–Crippen MR) is 101 cm³/mol. The minimum Gasteiger partial charge on any atom is -0.466 e. The number of furan rings is 1. The predicted octanol–water partition coefficient (Wildman–Crippen LogP) is 2.48. The lowest BCUT2D eigenvalue weighted by Crippen LogP contribution is -2.26. The van der Waals surface area contributed by atoms with Crippen LogP contribution in [0.15, 0.2) is 52.9 Å². The van der Waals surface area contributed by atoms with Gasteiger partial charge in [-0.3, -0.25) is 14.3 Å². The van der Waals surface area contributed by atoms with Crippen LogP contribution in [0.25, 0.3) is 0 Å². The lowest BCUT2D eigenvalue weighted by Gasteiger charge is -2.04. The van der Waals surface area contributed by atoms with Gasteiger partial charge in [-0.2, -0.15) is 5.10 Å². The molecule has 0 atom stereocenters. The molecule has 0 aliphatic rings. The number of aromatic nitrogens is 2. The zero-order valence-electron chi connectivity index (χ0n) is 15.4. The number of nitrogens with zero attached hydrogens (tertiary/aromatic N) is 2. The smallest absolute Gasteiger partial charge is 0.271 e. The molecule has 0 radical (unpaired) electrons. The van der Waals surface area contributed by atoms with Gasteiger partial charge in [0.15, 0.2) is 5.69 Å². The van der Waals surface area contributed by atoms with E-state index in [9.17, 15) is 9.59 Å². The van der Waals surface area contributed by atoms with Crippen LogP contribution < -0.4 is 10.6 Å². The van der Waals surface area contributed by atoms with Crippen molar-refractivity contribution in [1.29, 1.82) is 0 Å². The molecule has 7 heteroatoms. The van der Waals surface area contributed by atoms with Crippen molar-refractivity contribution in [2.24, 2.45) is 7.05 Å². The summed E-state index contributed by atoms with van der Waals surface area (Å²) in [5.41, 5.74) is 1.17. The Morgan fingerprint density at radius 2 is 1.93 bits per heavy atom. The van der Waals surface area contributed by atoms with Crippen LogP contribution in [0.5, 0.6) is 0 Å². The maximum atomic E-state index is 12.3. The molecule has 2 aromatic heterocycles. The van der Waals surface area contributed by atoms with E-state index in [4.69, 9.17) is 4.42 Å². The first-order valence-electron chi connectivity index (χ1n) is 8.72. The van der Waals surface area contributed by atoms with Crippen LogP contribution in [0.4, 0.5) is 5.82 Å². The lowest BCUT2D eigenvalue weighted by atomic mass is 10.1. The number of hydrogen-bond acceptors (Lipinski definition) is 4. The first-order chi connectivity index (χ1) is 13.0. The largest absolute Gasteiger partial charge is 0.466 e. The molecule has 3 aromatic rings. The molecule has 2 N–H and O–H groups in total. The number of aryl methyl sites for hydroxylation is 2. The second-order valence-corrected chi connectivity index (χ2v) is 6.27. The molecular formula is C20H22N4O3. The second kappa shape index (κ2) is 8.35. The first kappa shape index (κ1) is 18.4. The Morgan fingerprint density at radius 1 is 1.15 bits per heavy atom. The van der Waals surface area contributed by atoms with E-state index in [1.807, 2.05) is 49.4 Å². The van der Waals surface area contributed by atoms with Crippen LogP contribution in [0, 0.1) is 6.92 Å². The Hall–Kier alpha value is -3.35. The van der Waals surface area contributed by atoms with Crippen molar-refractivity contribution in [1.82, 2.24) is 15.1 Å². The monoisotopic (exact) mass is 366 g/mol. The molecule has 2 amide bonds. The number of amides is 2. The maximum absolute atomic E-state index is 12.3. The van der Waals surface area contributed by atoms with Gasteiger partial charge in [0.05, 0.1) is 6.42 Å². The summed E-state index contributed by atoms with van der Waals surface area (Å²) in [6, 6.07) is 14.8. The molecule has 0 fully saturated rings. The molecule has 0 aliphatic carbocycles. The zero-order chi connectivity index (χ0) is 19.2. The van der Waals surface area contributed by atoms with Gasteiger partial charge in [0.1, 0.15) is 17.3 Å². The highest BCUT2D eigenvalue weighted by atomic mass is 16.3. The number of carbonyl (C=O) groups is 2. The second-order valence-electron chi connectivity index (χ2n) is 6.27.